The lowest BCUT2D eigenvalue weighted by Gasteiger charge is -2.21. The van der Waals surface area contributed by atoms with Crippen molar-refractivity contribution >= 4 is 11.8 Å². The van der Waals surface area contributed by atoms with Crippen LogP contribution < -0.4 is 5.32 Å². The van der Waals surface area contributed by atoms with Crippen LogP contribution in [0.25, 0.3) is 0 Å². The molecule has 3 nitrogen and oxygen atoms in total. The molecule has 0 radical (unpaired) electrons. The highest BCUT2D eigenvalue weighted by Crippen LogP contribution is 2.26. The number of imidazole rings is 1. The smallest absolute Gasteiger partial charge is 0.167 e. The van der Waals surface area contributed by atoms with Gasteiger partial charge < -0.3 is 9.88 Å². The van der Waals surface area contributed by atoms with Gasteiger partial charge in [0, 0.05) is 24.7 Å². The van der Waals surface area contributed by atoms with Crippen molar-refractivity contribution in [2.24, 2.45) is 7.05 Å². The van der Waals surface area contributed by atoms with Crippen LogP contribution in [0.15, 0.2) is 17.6 Å². The lowest BCUT2D eigenvalue weighted by Crippen LogP contribution is -2.29. The molecule has 4 heteroatoms. The number of piperidine rings is 1. The van der Waals surface area contributed by atoms with Crippen LogP contribution in [0.2, 0.25) is 0 Å². The first-order chi connectivity index (χ1) is 6.36. The molecule has 0 saturated carbocycles. The first-order valence-corrected chi connectivity index (χ1v) is 5.59. The fraction of sp³-hybridized carbons (Fsp3) is 0.667. The summed E-state index contributed by atoms with van der Waals surface area (Å²) >= 11 is 1.91. The van der Waals surface area contributed by atoms with E-state index in [1.165, 1.54) is 12.8 Å². The van der Waals surface area contributed by atoms with Gasteiger partial charge in [-0.25, -0.2) is 4.98 Å². The van der Waals surface area contributed by atoms with Crippen LogP contribution in [0.4, 0.5) is 0 Å². The molecule has 0 aromatic carbocycles. The van der Waals surface area contributed by atoms with E-state index >= 15 is 0 Å². The zero-order valence-electron chi connectivity index (χ0n) is 7.86. The van der Waals surface area contributed by atoms with Gasteiger partial charge in [-0.2, -0.15) is 0 Å². The van der Waals surface area contributed by atoms with Crippen molar-refractivity contribution in [2.75, 3.05) is 13.1 Å². The summed E-state index contributed by atoms with van der Waals surface area (Å²) < 4.78 is 2.09. The number of nitrogens with one attached hydrogen (secondary N) is 1. The van der Waals surface area contributed by atoms with Gasteiger partial charge in [-0.3, -0.25) is 0 Å². The standard InChI is InChI=1S/C9H15N3S/c1-12-7-6-11-9(12)13-8-2-4-10-5-3-8/h6-8,10H,2-5H2,1H3. The van der Waals surface area contributed by atoms with E-state index in [-0.39, 0.29) is 0 Å². The molecule has 2 heterocycles. The van der Waals surface area contributed by atoms with Crippen molar-refractivity contribution in [3.8, 4) is 0 Å². The molecule has 0 unspecified atom stereocenters. The Morgan fingerprint density at radius 3 is 2.92 bits per heavy atom. The lowest BCUT2D eigenvalue weighted by atomic mass is 10.2. The maximum Gasteiger partial charge on any atom is 0.167 e. The van der Waals surface area contributed by atoms with Gasteiger partial charge in [-0.05, 0) is 25.9 Å². The quantitative estimate of drug-likeness (QED) is 0.774. The molecule has 2 rings (SSSR count). The molecule has 1 aliphatic heterocycles. The molecule has 0 bridgehead atoms. The van der Waals surface area contributed by atoms with Crippen molar-refractivity contribution in [3.05, 3.63) is 12.4 Å². The van der Waals surface area contributed by atoms with Crippen molar-refractivity contribution in [2.45, 2.75) is 23.2 Å². The number of thioether (sulfide) groups is 1. The van der Waals surface area contributed by atoms with E-state index < -0.39 is 0 Å². The maximum atomic E-state index is 4.32. The number of nitrogens with zero attached hydrogens (tertiary/aromatic N) is 2. The highest BCUT2D eigenvalue weighted by Gasteiger charge is 2.15. The van der Waals surface area contributed by atoms with Crippen molar-refractivity contribution in [1.29, 1.82) is 0 Å². The van der Waals surface area contributed by atoms with Crippen LogP contribution in [-0.4, -0.2) is 27.9 Å². The van der Waals surface area contributed by atoms with E-state index in [2.05, 4.69) is 21.9 Å². The highest BCUT2D eigenvalue weighted by atomic mass is 32.2. The Labute approximate surface area is 82.9 Å². The van der Waals surface area contributed by atoms with Gasteiger partial charge >= 0.3 is 0 Å². The number of rotatable bonds is 2. The minimum atomic E-state index is 0.752. The summed E-state index contributed by atoms with van der Waals surface area (Å²) in [6.45, 7) is 2.31. The third-order valence-electron chi connectivity index (χ3n) is 2.34. The van der Waals surface area contributed by atoms with Gasteiger partial charge in [0.15, 0.2) is 5.16 Å². The third kappa shape index (κ3) is 2.25. The van der Waals surface area contributed by atoms with Gasteiger partial charge in [0.1, 0.15) is 0 Å². The van der Waals surface area contributed by atoms with E-state index in [4.69, 9.17) is 0 Å². The van der Waals surface area contributed by atoms with Gasteiger partial charge in [0.2, 0.25) is 0 Å². The zero-order chi connectivity index (χ0) is 9.10. The molecule has 72 valence electrons. The zero-order valence-corrected chi connectivity index (χ0v) is 8.68. The van der Waals surface area contributed by atoms with Crippen LogP contribution >= 0.6 is 11.8 Å². The van der Waals surface area contributed by atoms with Crippen LogP contribution in [0, 0.1) is 0 Å². The maximum absolute atomic E-state index is 4.32. The number of aryl methyl sites for hydroxylation is 1. The minimum Gasteiger partial charge on any atom is -0.329 e. The Balaban J connectivity index is 1.93. The second-order valence-electron chi connectivity index (χ2n) is 3.39. The Morgan fingerprint density at radius 1 is 1.54 bits per heavy atom. The van der Waals surface area contributed by atoms with E-state index in [0.29, 0.717) is 0 Å². The van der Waals surface area contributed by atoms with Gasteiger partial charge in [0.05, 0.1) is 0 Å². The number of hydrogen-bond acceptors (Lipinski definition) is 3. The van der Waals surface area contributed by atoms with Gasteiger partial charge in [-0.1, -0.05) is 11.8 Å². The first-order valence-electron chi connectivity index (χ1n) is 4.71. The summed E-state index contributed by atoms with van der Waals surface area (Å²) in [7, 11) is 2.05. The molecule has 0 amide bonds. The highest BCUT2D eigenvalue weighted by molar-refractivity contribution is 7.99. The number of hydrogen-bond donors (Lipinski definition) is 1. The Hall–Kier alpha value is -0.480. The Kier molecular flexibility index (Phi) is 2.90. The van der Waals surface area contributed by atoms with Crippen molar-refractivity contribution < 1.29 is 0 Å². The van der Waals surface area contributed by atoms with Crippen LogP contribution in [0.3, 0.4) is 0 Å². The largest absolute Gasteiger partial charge is 0.329 e. The second-order valence-corrected chi connectivity index (χ2v) is 4.66. The van der Waals surface area contributed by atoms with Crippen LogP contribution in [0.5, 0.6) is 0 Å². The van der Waals surface area contributed by atoms with E-state index in [1.54, 1.807) is 0 Å². The van der Waals surface area contributed by atoms with Crippen LogP contribution in [-0.2, 0) is 7.05 Å². The molecular formula is C9H15N3S. The molecule has 1 aromatic rings. The summed E-state index contributed by atoms with van der Waals surface area (Å²) in [5, 5.41) is 5.27. The summed E-state index contributed by atoms with van der Waals surface area (Å²) in [6, 6.07) is 0. The van der Waals surface area contributed by atoms with Gasteiger partial charge in [-0.15, -0.1) is 0 Å². The fourth-order valence-corrected chi connectivity index (χ4v) is 2.65. The molecule has 1 aromatic heterocycles. The summed E-state index contributed by atoms with van der Waals surface area (Å²) in [5.74, 6) is 0. The summed E-state index contributed by atoms with van der Waals surface area (Å²) in [6.07, 6.45) is 6.39. The Bertz CT molecular complexity index is 266. The third-order valence-corrected chi connectivity index (χ3v) is 3.74. The van der Waals surface area contributed by atoms with E-state index in [0.717, 1.165) is 23.5 Å². The molecule has 1 aliphatic rings. The molecule has 13 heavy (non-hydrogen) atoms. The van der Waals surface area contributed by atoms with Gasteiger partial charge in [0.25, 0.3) is 0 Å². The molecule has 1 saturated heterocycles. The average molecular weight is 197 g/mol. The van der Waals surface area contributed by atoms with E-state index in [9.17, 15) is 0 Å². The topological polar surface area (TPSA) is 29.9 Å². The summed E-state index contributed by atoms with van der Waals surface area (Å²) in [4.78, 5) is 4.32. The van der Waals surface area contributed by atoms with Crippen molar-refractivity contribution in [1.82, 2.24) is 14.9 Å². The molecule has 1 fully saturated rings. The fourth-order valence-electron chi connectivity index (χ4n) is 1.53. The predicted molar refractivity (Wildman–Crippen MR) is 55.0 cm³/mol. The monoisotopic (exact) mass is 197 g/mol. The van der Waals surface area contributed by atoms with Crippen LogP contribution in [0.1, 0.15) is 12.8 Å². The lowest BCUT2D eigenvalue weighted by molar-refractivity contribution is 0.530. The first kappa shape index (κ1) is 9.09. The molecule has 0 spiro atoms. The second kappa shape index (κ2) is 4.15. The molecule has 0 aliphatic carbocycles. The van der Waals surface area contributed by atoms with E-state index in [1.807, 2.05) is 24.2 Å². The molecule has 1 N–H and O–H groups in total. The normalized spacial score (nSPS) is 19.2. The number of aromatic nitrogens is 2. The van der Waals surface area contributed by atoms with Crippen molar-refractivity contribution in [3.63, 3.8) is 0 Å². The molecular weight excluding hydrogens is 182 g/mol. The average Bonchev–Trinajstić information content (AvgIpc) is 2.54. The Morgan fingerprint density at radius 2 is 2.31 bits per heavy atom. The molecule has 0 atom stereocenters. The predicted octanol–water partition coefficient (Wildman–Crippen LogP) is 1.26. The SMILES string of the molecule is Cn1ccnc1SC1CCNCC1. The minimum absolute atomic E-state index is 0.752. The summed E-state index contributed by atoms with van der Waals surface area (Å²) in [5.41, 5.74) is 0.